The molecule has 0 saturated heterocycles. The number of amides is 1. The zero-order chi connectivity index (χ0) is 19.4. The Balaban J connectivity index is 2.36. The summed E-state index contributed by atoms with van der Waals surface area (Å²) in [4.78, 5) is 26.9. The molecule has 0 spiro atoms. The zero-order valence-corrected chi connectivity index (χ0v) is 16.8. The number of hydrogen-bond acceptors (Lipinski definition) is 2. The molecule has 1 aromatic rings. The molecule has 0 aliphatic heterocycles. The first-order valence-corrected chi connectivity index (χ1v) is 9.55. The van der Waals surface area contributed by atoms with Crippen molar-refractivity contribution in [1.82, 2.24) is 4.90 Å². The molecule has 1 aliphatic rings. The number of nitrogens with zero attached hydrogens (tertiary/aromatic N) is 1. The highest BCUT2D eigenvalue weighted by atomic mass is 16.2. The van der Waals surface area contributed by atoms with Gasteiger partial charge in [0.15, 0.2) is 0 Å². The molecule has 0 heterocycles. The van der Waals surface area contributed by atoms with Crippen molar-refractivity contribution < 1.29 is 9.59 Å². The molecule has 2 unspecified atom stereocenters. The number of ketones is 1. The van der Waals surface area contributed by atoms with Crippen LogP contribution in [0.3, 0.4) is 0 Å². The summed E-state index contributed by atoms with van der Waals surface area (Å²) in [5, 5.41) is 0. The molecule has 1 amide bonds. The van der Waals surface area contributed by atoms with Gasteiger partial charge in [0.2, 0.25) is 5.91 Å². The van der Waals surface area contributed by atoms with Crippen LogP contribution < -0.4 is 0 Å². The monoisotopic (exact) mass is 353 g/mol. The molecule has 140 valence electrons. The number of rotatable bonds is 6. The van der Waals surface area contributed by atoms with Gasteiger partial charge in [0.25, 0.3) is 0 Å². The number of benzene rings is 1. The van der Waals surface area contributed by atoms with Crippen LogP contribution in [0.15, 0.2) is 30.4 Å². The van der Waals surface area contributed by atoms with E-state index in [1.54, 1.807) is 11.9 Å². The zero-order valence-electron chi connectivity index (χ0n) is 16.8. The summed E-state index contributed by atoms with van der Waals surface area (Å²) in [6, 6.07) is 4.31. The normalized spacial score (nSPS) is 20.2. The minimum atomic E-state index is -0.269. The predicted molar refractivity (Wildman–Crippen MR) is 108 cm³/mol. The van der Waals surface area contributed by atoms with Gasteiger partial charge in [0.05, 0.1) is 5.92 Å². The number of carbonyl (C=O) groups excluding carboxylic acids is 2. The summed E-state index contributed by atoms with van der Waals surface area (Å²) in [6.45, 7) is 13.1. The minimum absolute atomic E-state index is 0.0479. The van der Waals surface area contributed by atoms with Crippen LogP contribution in [0.2, 0.25) is 0 Å². The van der Waals surface area contributed by atoms with E-state index in [2.05, 4.69) is 38.6 Å². The minimum Gasteiger partial charge on any atom is -0.346 e. The lowest BCUT2D eigenvalue weighted by molar-refractivity contribution is -0.130. The van der Waals surface area contributed by atoms with E-state index in [1.807, 2.05) is 19.9 Å². The summed E-state index contributed by atoms with van der Waals surface area (Å²) in [5.74, 6) is -0.0332. The Kier molecular flexibility index (Phi) is 6.57. The summed E-state index contributed by atoms with van der Waals surface area (Å²) >= 11 is 0. The number of allylic oxidation sites excluding steroid dienone is 2. The lowest BCUT2D eigenvalue weighted by atomic mass is 9.83. The fourth-order valence-electron chi connectivity index (χ4n) is 3.92. The van der Waals surface area contributed by atoms with Crippen molar-refractivity contribution in [3.05, 3.63) is 52.6 Å². The van der Waals surface area contributed by atoms with Gasteiger partial charge in [-0.3, -0.25) is 9.59 Å². The smallest absolute Gasteiger partial charge is 0.222 e. The van der Waals surface area contributed by atoms with Gasteiger partial charge in [-0.15, -0.1) is 0 Å². The molecular weight excluding hydrogens is 322 g/mol. The van der Waals surface area contributed by atoms with Crippen LogP contribution in [0.25, 0.3) is 6.08 Å². The third-order valence-electron chi connectivity index (χ3n) is 5.51. The summed E-state index contributed by atoms with van der Waals surface area (Å²) < 4.78 is 0. The maximum atomic E-state index is 12.8. The largest absolute Gasteiger partial charge is 0.346 e. The van der Waals surface area contributed by atoms with E-state index >= 15 is 0 Å². The Labute approximate surface area is 157 Å². The first kappa shape index (κ1) is 20.2. The van der Waals surface area contributed by atoms with Crippen molar-refractivity contribution in [1.29, 1.82) is 0 Å². The predicted octanol–water partition coefficient (Wildman–Crippen LogP) is 4.69. The van der Waals surface area contributed by atoms with Crippen molar-refractivity contribution in [3.8, 4) is 0 Å². The van der Waals surface area contributed by atoms with Gasteiger partial charge >= 0.3 is 0 Å². The third kappa shape index (κ3) is 3.98. The van der Waals surface area contributed by atoms with E-state index in [-0.39, 0.29) is 23.5 Å². The summed E-state index contributed by atoms with van der Waals surface area (Å²) in [5.41, 5.74) is 5.52. The SMILES string of the molecule is C=C1C(CC(=O)N(C)CC)CC(=O)C1c1c(C)cc(/C=C/C)cc1CC. The average Bonchev–Trinajstić information content (AvgIpc) is 2.87. The number of carbonyl (C=O) groups is 2. The van der Waals surface area contributed by atoms with E-state index in [0.29, 0.717) is 19.4 Å². The van der Waals surface area contributed by atoms with E-state index in [0.717, 1.165) is 28.7 Å². The molecule has 1 fully saturated rings. The molecule has 3 heteroatoms. The molecule has 3 nitrogen and oxygen atoms in total. The van der Waals surface area contributed by atoms with Gasteiger partial charge in [0, 0.05) is 26.4 Å². The van der Waals surface area contributed by atoms with Crippen LogP contribution in [-0.2, 0) is 16.0 Å². The number of aryl methyl sites for hydroxylation is 2. The first-order chi connectivity index (χ1) is 12.3. The molecule has 1 aromatic carbocycles. The first-order valence-electron chi connectivity index (χ1n) is 9.55. The Morgan fingerprint density at radius 1 is 1.35 bits per heavy atom. The van der Waals surface area contributed by atoms with Gasteiger partial charge in [-0.25, -0.2) is 0 Å². The Bertz CT molecular complexity index is 745. The highest BCUT2D eigenvalue weighted by Gasteiger charge is 2.39. The third-order valence-corrected chi connectivity index (χ3v) is 5.51. The van der Waals surface area contributed by atoms with Crippen LogP contribution in [0.1, 0.15) is 61.8 Å². The van der Waals surface area contributed by atoms with E-state index < -0.39 is 0 Å². The highest BCUT2D eigenvalue weighted by molar-refractivity contribution is 5.94. The molecule has 0 bridgehead atoms. The van der Waals surface area contributed by atoms with E-state index in [4.69, 9.17) is 0 Å². The second-order valence-electron chi connectivity index (χ2n) is 7.25. The molecule has 26 heavy (non-hydrogen) atoms. The van der Waals surface area contributed by atoms with Crippen LogP contribution in [0, 0.1) is 12.8 Å². The molecule has 2 atom stereocenters. The quantitative estimate of drug-likeness (QED) is 0.696. The van der Waals surface area contributed by atoms with Crippen molar-refractivity contribution in [2.75, 3.05) is 13.6 Å². The van der Waals surface area contributed by atoms with Crippen LogP contribution >= 0.6 is 0 Å². The topological polar surface area (TPSA) is 37.4 Å². The fraction of sp³-hybridized carbons (Fsp3) is 0.478. The summed E-state index contributed by atoms with van der Waals surface area (Å²) in [7, 11) is 1.80. The van der Waals surface area contributed by atoms with Crippen molar-refractivity contribution in [3.63, 3.8) is 0 Å². The van der Waals surface area contributed by atoms with Gasteiger partial charge < -0.3 is 4.90 Å². The molecule has 0 radical (unpaired) electrons. The Morgan fingerprint density at radius 3 is 2.62 bits per heavy atom. The molecule has 0 N–H and O–H groups in total. The van der Waals surface area contributed by atoms with Crippen molar-refractivity contribution in [2.24, 2.45) is 5.92 Å². The van der Waals surface area contributed by atoms with Gasteiger partial charge in [-0.05, 0) is 55.4 Å². The summed E-state index contributed by atoms with van der Waals surface area (Å²) in [6.07, 6.45) is 5.79. The van der Waals surface area contributed by atoms with Crippen LogP contribution in [0.5, 0.6) is 0 Å². The lowest BCUT2D eigenvalue weighted by Gasteiger charge is -2.21. The maximum Gasteiger partial charge on any atom is 0.222 e. The van der Waals surface area contributed by atoms with Gasteiger partial charge in [-0.1, -0.05) is 43.4 Å². The second-order valence-corrected chi connectivity index (χ2v) is 7.25. The molecule has 1 saturated carbocycles. The van der Waals surface area contributed by atoms with E-state index in [1.165, 1.54) is 5.56 Å². The second kappa shape index (κ2) is 8.48. The lowest BCUT2D eigenvalue weighted by Crippen LogP contribution is -2.28. The van der Waals surface area contributed by atoms with Crippen molar-refractivity contribution in [2.45, 2.75) is 52.9 Å². The Morgan fingerprint density at radius 2 is 2.04 bits per heavy atom. The molecule has 1 aliphatic carbocycles. The molecular formula is C23H31NO2. The molecule has 2 rings (SSSR count). The number of hydrogen-bond donors (Lipinski definition) is 0. The highest BCUT2D eigenvalue weighted by Crippen LogP contribution is 2.44. The standard InChI is InChI=1S/C23H31NO2/c1-7-10-17-11-15(4)22(18(8-2)12-17)23-16(5)19(13-20(23)25)14-21(26)24(6)9-3/h7,10-12,19,23H,5,8-9,13-14H2,1-4,6H3/b10-7+. The fourth-order valence-corrected chi connectivity index (χ4v) is 3.92. The Hall–Kier alpha value is -2.16. The average molecular weight is 354 g/mol. The van der Waals surface area contributed by atoms with Crippen LogP contribution in [0.4, 0.5) is 0 Å². The maximum absolute atomic E-state index is 12.8. The number of Topliss-reactive ketones (excluding diaryl/α,β-unsaturated/α-hetero) is 1. The van der Waals surface area contributed by atoms with Gasteiger partial charge in [-0.2, -0.15) is 0 Å². The molecule has 0 aromatic heterocycles. The van der Waals surface area contributed by atoms with Gasteiger partial charge in [0.1, 0.15) is 5.78 Å². The van der Waals surface area contributed by atoms with Crippen LogP contribution in [-0.4, -0.2) is 30.2 Å². The van der Waals surface area contributed by atoms with Crippen molar-refractivity contribution >= 4 is 17.8 Å². The van der Waals surface area contributed by atoms with E-state index in [9.17, 15) is 9.59 Å².